The fourth-order valence-electron chi connectivity index (χ4n) is 1.89. The van der Waals surface area contributed by atoms with Gasteiger partial charge in [-0.1, -0.05) is 6.92 Å². The first-order valence-electron chi connectivity index (χ1n) is 6.78. The van der Waals surface area contributed by atoms with Gasteiger partial charge in [0.1, 0.15) is 13.2 Å². The van der Waals surface area contributed by atoms with E-state index in [1.807, 2.05) is 6.92 Å². The highest BCUT2D eigenvalue weighted by atomic mass is 16.5. The van der Waals surface area contributed by atoms with Crippen molar-refractivity contribution in [2.24, 2.45) is 0 Å². The standard InChI is InChI=1S/C15H22O6/c1-4-11-12(15(16)17)5-6-13(20-9-7-18-2)14(11)21-10-8-19-3/h5-6H,4,7-10H2,1-3H3,(H,16,17). The van der Waals surface area contributed by atoms with Gasteiger partial charge in [0.25, 0.3) is 0 Å². The largest absolute Gasteiger partial charge is 0.487 e. The van der Waals surface area contributed by atoms with Crippen molar-refractivity contribution in [3.63, 3.8) is 0 Å². The average Bonchev–Trinajstić information content (AvgIpc) is 2.48. The van der Waals surface area contributed by atoms with Gasteiger partial charge in [0.05, 0.1) is 18.8 Å². The monoisotopic (exact) mass is 298 g/mol. The first-order chi connectivity index (χ1) is 10.2. The normalized spacial score (nSPS) is 10.4. The molecule has 1 N–H and O–H groups in total. The van der Waals surface area contributed by atoms with E-state index >= 15 is 0 Å². The summed E-state index contributed by atoms with van der Waals surface area (Å²) in [6, 6.07) is 3.15. The minimum absolute atomic E-state index is 0.226. The molecular weight excluding hydrogens is 276 g/mol. The van der Waals surface area contributed by atoms with E-state index < -0.39 is 5.97 Å². The summed E-state index contributed by atoms with van der Waals surface area (Å²) in [4.78, 5) is 11.3. The Balaban J connectivity index is 3.07. The summed E-state index contributed by atoms with van der Waals surface area (Å²) in [5.74, 6) is 0.00226. The molecule has 0 bridgehead atoms. The van der Waals surface area contributed by atoms with Crippen LogP contribution < -0.4 is 9.47 Å². The Morgan fingerprint density at radius 2 is 1.67 bits per heavy atom. The zero-order valence-electron chi connectivity index (χ0n) is 12.7. The highest BCUT2D eigenvalue weighted by molar-refractivity contribution is 5.90. The van der Waals surface area contributed by atoms with Crippen LogP contribution in [0, 0.1) is 0 Å². The van der Waals surface area contributed by atoms with Crippen molar-refractivity contribution < 1.29 is 28.8 Å². The third-order valence-electron chi connectivity index (χ3n) is 2.89. The first kappa shape index (κ1) is 17.3. The van der Waals surface area contributed by atoms with Crippen LogP contribution in [0.4, 0.5) is 0 Å². The Kier molecular flexibility index (Phi) is 7.56. The molecule has 0 unspecified atom stereocenters. The van der Waals surface area contributed by atoms with Crippen molar-refractivity contribution in [2.75, 3.05) is 40.6 Å². The minimum atomic E-state index is -0.980. The van der Waals surface area contributed by atoms with Crippen LogP contribution in [0.1, 0.15) is 22.8 Å². The van der Waals surface area contributed by atoms with E-state index in [1.165, 1.54) is 6.07 Å². The number of aromatic carboxylic acids is 1. The maximum absolute atomic E-state index is 11.3. The summed E-state index contributed by atoms with van der Waals surface area (Å²) >= 11 is 0. The van der Waals surface area contributed by atoms with Crippen molar-refractivity contribution in [2.45, 2.75) is 13.3 Å². The van der Waals surface area contributed by atoms with Crippen molar-refractivity contribution in [3.05, 3.63) is 23.3 Å². The topological polar surface area (TPSA) is 74.2 Å². The molecule has 21 heavy (non-hydrogen) atoms. The van der Waals surface area contributed by atoms with Crippen LogP contribution in [0.15, 0.2) is 12.1 Å². The molecule has 0 aliphatic carbocycles. The van der Waals surface area contributed by atoms with E-state index in [9.17, 15) is 9.90 Å². The van der Waals surface area contributed by atoms with E-state index in [2.05, 4.69) is 0 Å². The number of hydrogen-bond donors (Lipinski definition) is 1. The van der Waals surface area contributed by atoms with Crippen LogP contribution in [0.25, 0.3) is 0 Å². The zero-order chi connectivity index (χ0) is 15.7. The summed E-state index contributed by atoms with van der Waals surface area (Å²) in [5, 5.41) is 9.26. The van der Waals surface area contributed by atoms with Gasteiger partial charge < -0.3 is 24.1 Å². The molecule has 0 atom stereocenters. The van der Waals surface area contributed by atoms with Gasteiger partial charge >= 0.3 is 5.97 Å². The number of carboxylic acids is 1. The molecule has 6 heteroatoms. The summed E-state index contributed by atoms with van der Waals surface area (Å²) in [6.07, 6.45) is 0.533. The van der Waals surface area contributed by atoms with E-state index in [0.29, 0.717) is 49.9 Å². The molecule has 0 saturated carbocycles. The summed E-state index contributed by atoms with van der Waals surface area (Å²) < 4.78 is 21.2. The first-order valence-corrected chi connectivity index (χ1v) is 6.78. The van der Waals surface area contributed by atoms with Gasteiger partial charge in [-0.3, -0.25) is 0 Å². The number of ether oxygens (including phenoxy) is 4. The van der Waals surface area contributed by atoms with Gasteiger partial charge in [-0.15, -0.1) is 0 Å². The van der Waals surface area contributed by atoms with Crippen molar-refractivity contribution in [3.8, 4) is 11.5 Å². The summed E-state index contributed by atoms with van der Waals surface area (Å²) in [6.45, 7) is 3.43. The molecule has 0 aliphatic heterocycles. The number of carbonyl (C=O) groups is 1. The number of hydrogen-bond acceptors (Lipinski definition) is 5. The SMILES string of the molecule is CCc1c(C(=O)O)ccc(OCCOC)c1OCCOC. The second-order valence-corrected chi connectivity index (χ2v) is 4.26. The van der Waals surface area contributed by atoms with Crippen LogP contribution in [-0.4, -0.2) is 51.7 Å². The zero-order valence-corrected chi connectivity index (χ0v) is 12.7. The molecule has 0 radical (unpaired) electrons. The molecule has 0 amide bonds. The molecule has 0 fully saturated rings. The number of rotatable bonds is 10. The maximum atomic E-state index is 11.3. The molecule has 1 rings (SSSR count). The third-order valence-corrected chi connectivity index (χ3v) is 2.89. The lowest BCUT2D eigenvalue weighted by Gasteiger charge is -2.17. The van der Waals surface area contributed by atoms with Gasteiger partial charge in [-0.05, 0) is 18.6 Å². The van der Waals surface area contributed by atoms with Crippen molar-refractivity contribution >= 4 is 5.97 Å². The molecule has 0 aliphatic rings. The average molecular weight is 298 g/mol. The van der Waals surface area contributed by atoms with Crippen LogP contribution in [0.5, 0.6) is 11.5 Å². The third kappa shape index (κ3) is 4.91. The van der Waals surface area contributed by atoms with Gasteiger partial charge in [0.15, 0.2) is 11.5 Å². The lowest BCUT2D eigenvalue weighted by molar-refractivity contribution is 0.0694. The Morgan fingerprint density at radius 3 is 2.19 bits per heavy atom. The van der Waals surface area contributed by atoms with E-state index in [0.717, 1.165) is 0 Å². The highest BCUT2D eigenvalue weighted by Crippen LogP contribution is 2.34. The van der Waals surface area contributed by atoms with Crippen LogP contribution in [-0.2, 0) is 15.9 Å². The number of benzene rings is 1. The lowest BCUT2D eigenvalue weighted by Crippen LogP contribution is -2.12. The van der Waals surface area contributed by atoms with Crippen molar-refractivity contribution in [1.82, 2.24) is 0 Å². The Labute approximate surface area is 124 Å². The number of methoxy groups -OCH3 is 2. The molecule has 1 aromatic rings. The second kappa shape index (κ2) is 9.20. The summed E-state index contributed by atoms with van der Waals surface area (Å²) in [7, 11) is 3.16. The quantitative estimate of drug-likeness (QED) is 0.666. The molecule has 0 spiro atoms. The Morgan fingerprint density at radius 1 is 1.05 bits per heavy atom. The molecular formula is C15H22O6. The predicted octanol–water partition coefficient (Wildman–Crippen LogP) is 2.00. The van der Waals surface area contributed by atoms with Crippen LogP contribution >= 0.6 is 0 Å². The van der Waals surface area contributed by atoms with E-state index in [-0.39, 0.29) is 5.56 Å². The van der Waals surface area contributed by atoms with Crippen molar-refractivity contribution in [1.29, 1.82) is 0 Å². The second-order valence-electron chi connectivity index (χ2n) is 4.26. The van der Waals surface area contributed by atoms with E-state index in [4.69, 9.17) is 18.9 Å². The fourth-order valence-corrected chi connectivity index (χ4v) is 1.89. The van der Waals surface area contributed by atoms with Gasteiger partial charge in [-0.25, -0.2) is 4.79 Å². The smallest absolute Gasteiger partial charge is 0.336 e. The van der Waals surface area contributed by atoms with Gasteiger partial charge in [0, 0.05) is 19.8 Å². The summed E-state index contributed by atoms with van der Waals surface area (Å²) in [5.41, 5.74) is 0.845. The van der Waals surface area contributed by atoms with E-state index in [1.54, 1.807) is 20.3 Å². The van der Waals surface area contributed by atoms with Crippen LogP contribution in [0.3, 0.4) is 0 Å². The Hall–Kier alpha value is -1.79. The maximum Gasteiger partial charge on any atom is 0.336 e. The molecule has 0 saturated heterocycles. The molecule has 1 aromatic carbocycles. The molecule has 0 heterocycles. The predicted molar refractivity (Wildman–Crippen MR) is 77.5 cm³/mol. The van der Waals surface area contributed by atoms with Gasteiger partial charge in [0.2, 0.25) is 0 Å². The fraction of sp³-hybridized carbons (Fsp3) is 0.533. The number of carboxylic acid groups (broad SMARTS) is 1. The van der Waals surface area contributed by atoms with Gasteiger partial charge in [-0.2, -0.15) is 0 Å². The minimum Gasteiger partial charge on any atom is -0.487 e. The molecule has 0 aromatic heterocycles. The molecule has 118 valence electrons. The lowest BCUT2D eigenvalue weighted by atomic mass is 10.0. The Bertz CT molecular complexity index is 458. The highest BCUT2D eigenvalue weighted by Gasteiger charge is 2.18. The van der Waals surface area contributed by atoms with Crippen LogP contribution in [0.2, 0.25) is 0 Å². The molecule has 6 nitrogen and oxygen atoms in total.